The minimum absolute atomic E-state index is 0.00806. The van der Waals surface area contributed by atoms with Gasteiger partial charge in [-0.15, -0.1) is 0 Å². The Kier molecular flexibility index (Phi) is 4.53. The first-order valence-corrected chi connectivity index (χ1v) is 9.14. The van der Waals surface area contributed by atoms with Crippen LogP contribution < -0.4 is 4.72 Å². The van der Waals surface area contributed by atoms with Gasteiger partial charge in [0.25, 0.3) is 10.0 Å². The number of benzene rings is 2. The van der Waals surface area contributed by atoms with Crippen LogP contribution in [0.25, 0.3) is 11.1 Å². The standard InChI is InChI=1S/C17H14ClFN2O3S/c1-10-3-4-12(8-14(10)18)13-5-6-16(15(19)9-13)25(22,23)21-17-7-11(2)24-20-17/h3-9H,1-2H3,(H,20,21). The third-order valence-electron chi connectivity index (χ3n) is 3.59. The maximum absolute atomic E-state index is 14.4. The number of hydrogen-bond donors (Lipinski definition) is 1. The molecular weight excluding hydrogens is 367 g/mol. The van der Waals surface area contributed by atoms with Crippen molar-refractivity contribution in [1.29, 1.82) is 0 Å². The zero-order chi connectivity index (χ0) is 18.2. The lowest BCUT2D eigenvalue weighted by atomic mass is 10.0. The molecule has 8 heteroatoms. The van der Waals surface area contributed by atoms with Crippen molar-refractivity contribution >= 4 is 27.4 Å². The predicted octanol–water partition coefficient (Wildman–Crippen LogP) is 4.55. The fraction of sp³-hybridized carbons (Fsp3) is 0.118. The molecule has 130 valence electrons. The number of nitrogens with zero attached hydrogens (tertiary/aromatic N) is 1. The SMILES string of the molecule is Cc1cc(NS(=O)(=O)c2ccc(-c3ccc(C)c(Cl)c3)cc2F)no1. The summed E-state index contributed by atoms with van der Waals surface area (Å²) in [6.07, 6.45) is 0. The zero-order valence-corrected chi connectivity index (χ0v) is 15.0. The van der Waals surface area contributed by atoms with E-state index >= 15 is 0 Å². The Labute approximate surface area is 149 Å². The Bertz CT molecular complexity index is 1050. The van der Waals surface area contributed by atoms with E-state index in [1.54, 1.807) is 19.1 Å². The Balaban J connectivity index is 1.94. The van der Waals surface area contributed by atoms with Gasteiger partial charge in [0, 0.05) is 11.1 Å². The molecule has 3 aromatic rings. The largest absolute Gasteiger partial charge is 0.360 e. The van der Waals surface area contributed by atoms with E-state index in [1.165, 1.54) is 18.2 Å². The van der Waals surface area contributed by atoms with Crippen molar-refractivity contribution in [2.24, 2.45) is 0 Å². The van der Waals surface area contributed by atoms with Crippen molar-refractivity contribution in [3.63, 3.8) is 0 Å². The second kappa shape index (κ2) is 6.50. The summed E-state index contributed by atoms with van der Waals surface area (Å²) in [7, 11) is -4.12. The van der Waals surface area contributed by atoms with Gasteiger partial charge in [-0.3, -0.25) is 4.72 Å². The molecule has 0 radical (unpaired) electrons. The third kappa shape index (κ3) is 3.67. The number of aryl methyl sites for hydroxylation is 2. The molecule has 0 saturated carbocycles. The van der Waals surface area contributed by atoms with Crippen LogP contribution in [0.1, 0.15) is 11.3 Å². The van der Waals surface area contributed by atoms with Crippen LogP contribution in [0.5, 0.6) is 0 Å². The second-order valence-corrected chi connectivity index (χ2v) is 7.60. The normalized spacial score (nSPS) is 11.5. The smallest absolute Gasteiger partial charge is 0.266 e. The summed E-state index contributed by atoms with van der Waals surface area (Å²) >= 11 is 6.08. The first-order valence-electron chi connectivity index (χ1n) is 7.28. The average Bonchev–Trinajstić information content (AvgIpc) is 2.94. The molecule has 0 fully saturated rings. The van der Waals surface area contributed by atoms with Crippen molar-refractivity contribution in [2.45, 2.75) is 18.7 Å². The van der Waals surface area contributed by atoms with E-state index in [2.05, 4.69) is 9.88 Å². The van der Waals surface area contributed by atoms with Gasteiger partial charge in [-0.1, -0.05) is 35.0 Å². The van der Waals surface area contributed by atoms with Gasteiger partial charge in [0.05, 0.1) is 0 Å². The van der Waals surface area contributed by atoms with E-state index in [-0.39, 0.29) is 5.82 Å². The number of hydrogen-bond acceptors (Lipinski definition) is 4. The summed E-state index contributed by atoms with van der Waals surface area (Å²) in [5.41, 5.74) is 2.12. The first kappa shape index (κ1) is 17.4. The molecule has 3 rings (SSSR count). The molecule has 0 bridgehead atoms. The van der Waals surface area contributed by atoms with Crippen molar-refractivity contribution in [3.05, 3.63) is 64.6 Å². The third-order valence-corrected chi connectivity index (χ3v) is 5.39. The minimum Gasteiger partial charge on any atom is -0.360 e. The van der Waals surface area contributed by atoms with Crippen LogP contribution in [0, 0.1) is 19.7 Å². The molecular formula is C17H14ClFN2O3S. The molecule has 1 heterocycles. The fourth-order valence-corrected chi connectivity index (χ4v) is 3.50. The van der Waals surface area contributed by atoms with Gasteiger partial charge in [0.1, 0.15) is 16.5 Å². The lowest BCUT2D eigenvalue weighted by molar-refractivity contribution is 0.400. The van der Waals surface area contributed by atoms with Crippen LogP contribution >= 0.6 is 11.6 Å². The molecule has 5 nitrogen and oxygen atoms in total. The van der Waals surface area contributed by atoms with E-state index in [0.29, 0.717) is 21.9 Å². The van der Waals surface area contributed by atoms with Crippen molar-refractivity contribution in [3.8, 4) is 11.1 Å². The molecule has 2 aromatic carbocycles. The monoisotopic (exact) mass is 380 g/mol. The van der Waals surface area contributed by atoms with Gasteiger partial charge >= 0.3 is 0 Å². The quantitative estimate of drug-likeness (QED) is 0.720. The van der Waals surface area contributed by atoms with Gasteiger partial charge in [-0.05, 0) is 48.7 Å². The molecule has 0 aliphatic rings. The summed E-state index contributed by atoms with van der Waals surface area (Å²) in [5.74, 6) is -0.446. The van der Waals surface area contributed by atoms with Crippen LogP contribution in [-0.4, -0.2) is 13.6 Å². The minimum atomic E-state index is -4.12. The zero-order valence-electron chi connectivity index (χ0n) is 13.4. The predicted molar refractivity (Wildman–Crippen MR) is 93.6 cm³/mol. The molecule has 0 amide bonds. The van der Waals surface area contributed by atoms with E-state index in [0.717, 1.165) is 11.6 Å². The highest BCUT2D eigenvalue weighted by atomic mass is 35.5. The Hall–Kier alpha value is -2.38. The molecule has 25 heavy (non-hydrogen) atoms. The topological polar surface area (TPSA) is 72.2 Å². The Morgan fingerprint density at radius 2 is 1.76 bits per heavy atom. The number of aromatic nitrogens is 1. The maximum Gasteiger partial charge on any atom is 0.266 e. The molecule has 0 aliphatic heterocycles. The molecule has 0 spiro atoms. The van der Waals surface area contributed by atoms with E-state index < -0.39 is 20.7 Å². The molecule has 1 N–H and O–H groups in total. The number of sulfonamides is 1. The highest BCUT2D eigenvalue weighted by Gasteiger charge is 2.21. The van der Waals surface area contributed by atoms with E-state index in [9.17, 15) is 12.8 Å². The summed E-state index contributed by atoms with van der Waals surface area (Å²) in [5, 5.41) is 4.09. The van der Waals surface area contributed by atoms with Crippen molar-refractivity contribution in [2.75, 3.05) is 4.72 Å². The number of anilines is 1. The number of halogens is 2. The van der Waals surface area contributed by atoms with Crippen LogP contribution in [0.2, 0.25) is 5.02 Å². The molecule has 1 aromatic heterocycles. The van der Waals surface area contributed by atoms with Crippen LogP contribution in [0.3, 0.4) is 0 Å². The van der Waals surface area contributed by atoms with E-state index in [1.807, 2.05) is 13.0 Å². The van der Waals surface area contributed by atoms with Crippen LogP contribution in [-0.2, 0) is 10.0 Å². The maximum atomic E-state index is 14.4. The van der Waals surface area contributed by atoms with Gasteiger partial charge in [-0.25, -0.2) is 12.8 Å². The van der Waals surface area contributed by atoms with Gasteiger partial charge in [-0.2, -0.15) is 0 Å². The summed E-state index contributed by atoms with van der Waals surface area (Å²) in [4.78, 5) is -0.477. The molecule has 0 aliphatic carbocycles. The van der Waals surface area contributed by atoms with Crippen molar-refractivity contribution in [1.82, 2.24) is 5.16 Å². The summed E-state index contributed by atoms with van der Waals surface area (Å²) in [6, 6.07) is 10.6. The fourth-order valence-electron chi connectivity index (χ4n) is 2.28. The number of nitrogens with one attached hydrogen (secondary N) is 1. The summed E-state index contributed by atoms with van der Waals surface area (Å²) in [6.45, 7) is 3.48. The van der Waals surface area contributed by atoms with Gasteiger partial charge < -0.3 is 4.52 Å². The average molecular weight is 381 g/mol. The van der Waals surface area contributed by atoms with Crippen LogP contribution in [0.4, 0.5) is 10.2 Å². The first-order chi connectivity index (χ1) is 11.8. The Morgan fingerprint density at radius 3 is 2.36 bits per heavy atom. The molecule has 0 atom stereocenters. The van der Waals surface area contributed by atoms with E-state index in [4.69, 9.17) is 16.1 Å². The second-order valence-electron chi connectivity index (χ2n) is 5.54. The number of rotatable bonds is 4. The lowest BCUT2D eigenvalue weighted by Crippen LogP contribution is -2.14. The lowest BCUT2D eigenvalue weighted by Gasteiger charge is -2.09. The van der Waals surface area contributed by atoms with Crippen LogP contribution in [0.15, 0.2) is 51.9 Å². The summed E-state index contributed by atoms with van der Waals surface area (Å²) < 4.78 is 46.0. The Morgan fingerprint density at radius 1 is 1.08 bits per heavy atom. The molecule has 0 unspecified atom stereocenters. The van der Waals surface area contributed by atoms with Gasteiger partial charge in [0.2, 0.25) is 0 Å². The van der Waals surface area contributed by atoms with Crippen molar-refractivity contribution < 1.29 is 17.3 Å². The molecule has 0 saturated heterocycles. The highest BCUT2D eigenvalue weighted by molar-refractivity contribution is 7.92. The highest BCUT2D eigenvalue weighted by Crippen LogP contribution is 2.28. The van der Waals surface area contributed by atoms with Gasteiger partial charge in [0.15, 0.2) is 5.82 Å².